The van der Waals surface area contributed by atoms with Gasteiger partial charge in [-0.15, -0.1) is 0 Å². The number of pyridine rings is 1. The van der Waals surface area contributed by atoms with Crippen molar-refractivity contribution in [2.45, 2.75) is 13.8 Å². The molecule has 60 valence electrons. The molecular formula is C9H9N3. The number of aromatic nitrogens is 3. The van der Waals surface area contributed by atoms with Gasteiger partial charge < -0.3 is 0 Å². The third-order valence-electron chi connectivity index (χ3n) is 1.72. The fourth-order valence-electron chi connectivity index (χ4n) is 1.12. The minimum atomic E-state index is 0.799. The van der Waals surface area contributed by atoms with Crippen molar-refractivity contribution in [2.24, 2.45) is 0 Å². The topological polar surface area (TPSA) is 38.7 Å². The molecule has 0 saturated carbocycles. The average Bonchev–Trinajstić information content (AvgIpc) is 2.03. The van der Waals surface area contributed by atoms with Crippen LogP contribution in [-0.2, 0) is 0 Å². The van der Waals surface area contributed by atoms with Gasteiger partial charge in [-0.2, -0.15) is 0 Å². The van der Waals surface area contributed by atoms with Gasteiger partial charge in [0.1, 0.15) is 5.82 Å². The molecule has 3 heteroatoms. The van der Waals surface area contributed by atoms with Crippen LogP contribution in [0.5, 0.6) is 0 Å². The van der Waals surface area contributed by atoms with Gasteiger partial charge in [0.15, 0.2) is 0 Å². The van der Waals surface area contributed by atoms with Gasteiger partial charge in [0, 0.05) is 23.5 Å². The fraction of sp³-hybridized carbons (Fsp3) is 0.222. The van der Waals surface area contributed by atoms with Gasteiger partial charge >= 0.3 is 0 Å². The minimum Gasteiger partial charge on any atom is -0.261 e. The van der Waals surface area contributed by atoms with Crippen LogP contribution < -0.4 is 0 Å². The summed E-state index contributed by atoms with van der Waals surface area (Å²) < 4.78 is 0. The van der Waals surface area contributed by atoms with Crippen LogP contribution in [0, 0.1) is 13.8 Å². The zero-order chi connectivity index (χ0) is 8.55. The van der Waals surface area contributed by atoms with E-state index in [1.807, 2.05) is 19.9 Å². The second kappa shape index (κ2) is 2.52. The summed E-state index contributed by atoms with van der Waals surface area (Å²) in [5.74, 6) is 0.799. The summed E-state index contributed by atoms with van der Waals surface area (Å²) in [7, 11) is 0. The fourth-order valence-corrected chi connectivity index (χ4v) is 1.12. The van der Waals surface area contributed by atoms with E-state index in [0.717, 1.165) is 22.4 Å². The van der Waals surface area contributed by atoms with Gasteiger partial charge in [0.05, 0.1) is 5.52 Å². The van der Waals surface area contributed by atoms with Crippen molar-refractivity contribution in [1.82, 2.24) is 15.0 Å². The SMILES string of the molecule is Cc1cc2nc(C)ncc2cn1. The molecule has 0 bridgehead atoms. The molecule has 0 aliphatic heterocycles. The van der Waals surface area contributed by atoms with Gasteiger partial charge in [0.25, 0.3) is 0 Å². The normalized spacial score (nSPS) is 10.5. The van der Waals surface area contributed by atoms with Crippen molar-refractivity contribution in [2.75, 3.05) is 0 Å². The lowest BCUT2D eigenvalue weighted by Gasteiger charge is -1.97. The molecule has 0 spiro atoms. The van der Waals surface area contributed by atoms with E-state index in [-0.39, 0.29) is 0 Å². The van der Waals surface area contributed by atoms with Crippen molar-refractivity contribution < 1.29 is 0 Å². The second-order valence-electron chi connectivity index (χ2n) is 2.80. The zero-order valence-electron chi connectivity index (χ0n) is 7.07. The predicted molar refractivity (Wildman–Crippen MR) is 46.8 cm³/mol. The average molecular weight is 159 g/mol. The molecule has 3 nitrogen and oxygen atoms in total. The van der Waals surface area contributed by atoms with E-state index in [2.05, 4.69) is 15.0 Å². The van der Waals surface area contributed by atoms with Crippen LogP contribution in [0.15, 0.2) is 18.5 Å². The van der Waals surface area contributed by atoms with Gasteiger partial charge in [0.2, 0.25) is 0 Å². The van der Waals surface area contributed by atoms with E-state index in [4.69, 9.17) is 0 Å². The van der Waals surface area contributed by atoms with Gasteiger partial charge in [-0.25, -0.2) is 9.97 Å². The van der Waals surface area contributed by atoms with Crippen LogP contribution >= 0.6 is 0 Å². The molecule has 0 unspecified atom stereocenters. The van der Waals surface area contributed by atoms with E-state index in [9.17, 15) is 0 Å². The molecule has 0 aliphatic carbocycles. The lowest BCUT2D eigenvalue weighted by molar-refractivity contribution is 1.08. The summed E-state index contributed by atoms with van der Waals surface area (Å²) in [5, 5.41) is 0.992. The number of aryl methyl sites for hydroxylation is 2. The highest BCUT2D eigenvalue weighted by molar-refractivity contribution is 5.76. The van der Waals surface area contributed by atoms with E-state index in [1.165, 1.54) is 0 Å². The Morgan fingerprint density at radius 3 is 2.67 bits per heavy atom. The molecule has 0 fully saturated rings. The molecular weight excluding hydrogens is 150 g/mol. The number of fused-ring (bicyclic) bond motifs is 1. The number of rotatable bonds is 0. The van der Waals surface area contributed by atoms with Crippen LogP contribution in [-0.4, -0.2) is 15.0 Å². The maximum absolute atomic E-state index is 4.29. The Balaban J connectivity index is 2.80. The molecule has 12 heavy (non-hydrogen) atoms. The monoisotopic (exact) mass is 159 g/mol. The van der Waals surface area contributed by atoms with Crippen LogP contribution in [0.4, 0.5) is 0 Å². The molecule has 2 aromatic heterocycles. The van der Waals surface area contributed by atoms with Crippen LogP contribution in [0.25, 0.3) is 10.9 Å². The van der Waals surface area contributed by atoms with Crippen molar-refractivity contribution in [3.8, 4) is 0 Å². The first-order chi connectivity index (χ1) is 5.75. The van der Waals surface area contributed by atoms with Gasteiger partial charge in [-0.3, -0.25) is 4.98 Å². The Morgan fingerprint density at radius 2 is 1.83 bits per heavy atom. The van der Waals surface area contributed by atoms with E-state index in [1.54, 1.807) is 12.4 Å². The highest BCUT2D eigenvalue weighted by Gasteiger charge is 1.96. The number of hydrogen-bond acceptors (Lipinski definition) is 3. The molecule has 2 rings (SSSR count). The third kappa shape index (κ3) is 1.13. The quantitative estimate of drug-likeness (QED) is 0.586. The van der Waals surface area contributed by atoms with Crippen LogP contribution in [0.2, 0.25) is 0 Å². The Morgan fingerprint density at radius 1 is 1.08 bits per heavy atom. The first-order valence-electron chi connectivity index (χ1n) is 3.82. The first kappa shape index (κ1) is 7.16. The predicted octanol–water partition coefficient (Wildman–Crippen LogP) is 1.64. The molecule has 2 heterocycles. The maximum atomic E-state index is 4.29. The largest absolute Gasteiger partial charge is 0.261 e. The zero-order valence-corrected chi connectivity index (χ0v) is 7.07. The summed E-state index contributed by atoms with van der Waals surface area (Å²) in [6.45, 7) is 3.84. The smallest absolute Gasteiger partial charge is 0.125 e. The van der Waals surface area contributed by atoms with Crippen molar-refractivity contribution in [3.05, 3.63) is 30.0 Å². The molecule has 0 saturated heterocycles. The molecule has 0 N–H and O–H groups in total. The van der Waals surface area contributed by atoms with Crippen molar-refractivity contribution in [3.63, 3.8) is 0 Å². The van der Waals surface area contributed by atoms with E-state index in [0.29, 0.717) is 0 Å². The third-order valence-corrected chi connectivity index (χ3v) is 1.72. The summed E-state index contributed by atoms with van der Waals surface area (Å²) >= 11 is 0. The second-order valence-corrected chi connectivity index (χ2v) is 2.80. The number of nitrogens with zero attached hydrogens (tertiary/aromatic N) is 3. The Labute approximate surface area is 70.5 Å². The van der Waals surface area contributed by atoms with Crippen molar-refractivity contribution in [1.29, 1.82) is 0 Å². The van der Waals surface area contributed by atoms with E-state index < -0.39 is 0 Å². The van der Waals surface area contributed by atoms with Gasteiger partial charge in [-0.1, -0.05) is 0 Å². The molecule has 0 atom stereocenters. The summed E-state index contributed by atoms with van der Waals surface area (Å²) in [6.07, 6.45) is 3.59. The van der Waals surface area contributed by atoms with E-state index >= 15 is 0 Å². The molecule has 0 aliphatic rings. The Kier molecular flexibility index (Phi) is 1.50. The lowest BCUT2D eigenvalue weighted by atomic mass is 10.3. The number of hydrogen-bond donors (Lipinski definition) is 0. The highest BCUT2D eigenvalue weighted by atomic mass is 14.9. The Hall–Kier alpha value is -1.51. The molecule has 0 amide bonds. The highest BCUT2D eigenvalue weighted by Crippen LogP contribution is 2.09. The van der Waals surface area contributed by atoms with Crippen molar-refractivity contribution >= 4 is 10.9 Å². The first-order valence-corrected chi connectivity index (χ1v) is 3.82. The minimum absolute atomic E-state index is 0.799. The Bertz CT molecular complexity index is 386. The summed E-state index contributed by atoms with van der Waals surface area (Å²) in [4.78, 5) is 12.5. The molecule has 2 aromatic rings. The summed E-state index contributed by atoms with van der Waals surface area (Å²) in [5.41, 5.74) is 1.95. The van der Waals surface area contributed by atoms with Crippen LogP contribution in [0.3, 0.4) is 0 Å². The standard InChI is InChI=1S/C9H9N3/c1-6-3-9-8(4-10-6)5-11-7(2)12-9/h3-5H,1-2H3. The lowest BCUT2D eigenvalue weighted by Crippen LogP contribution is -1.89. The molecule has 0 aromatic carbocycles. The van der Waals surface area contributed by atoms with Crippen LogP contribution in [0.1, 0.15) is 11.5 Å². The summed E-state index contributed by atoms with van der Waals surface area (Å²) in [6, 6.07) is 1.96. The maximum Gasteiger partial charge on any atom is 0.125 e. The molecule has 0 radical (unpaired) electrons. The van der Waals surface area contributed by atoms with Gasteiger partial charge in [-0.05, 0) is 19.9 Å².